The fourth-order valence-electron chi connectivity index (χ4n) is 6.38. The minimum Gasteiger partial charge on any atom is -0.458 e. The summed E-state index contributed by atoms with van der Waals surface area (Å²) in [5, 5.41) is 24.2. The number of carbonyl (C=O) groups excluding carboxylic acids is 2. The standard InChI is InChI=1S/C28H28FN3O6/c1-4-28(37)17-8-20-24-15(11-32(20)25(35)16(17)12-38-26(28)36)23-22-14(13(2)18(29)9-19(22)30-24)10-27(23,3)31-21(34)6-5-7-33/h8-9,33,37H,4-7,10-12H2,1-3H3,(H,31,34)/t27?,28-/m0/s1. The third-order valence-corrected chi connectivity index (χ3v) is 8.36. The lowest BCUT2D eigenvalue weighted by Gasteiger charge is -2.31. The number of aliphatic hydroxyl groups is 2. The van der Waals surface area contributed by atoms with Crippen LogP contribution in [0.4, 0.5) is 4.39 Å². The van der Waals surface area contributed by atoms with Gasteiger partial charge < -0.3 is 24.8 Å². The average molecular weight is 522 g/mol. The molecule has 6 rings (SSSR count). The van der Waals surface area contributed by atoms with Crippen LogP contribution in [0, 0.1) is 12.7 Å². The number of amides is 1. The number of hydrogen-bond acceptors (Lipinski definition) is 7. The molecule has 1 aromatic carbocycles. The SMILES string of the molecule is CC[C@@]1(O)C(=O)OCc2c1cc1n(c2=O)Cc2c-1nc1cc(F)c(C)c3c1c2C(C)(NC(=O)CCCO)C3. The summed E-state index contributed by atoms with van der Waals surface area (Å²) in [5.41, 5.74) is 1.24. The van der Waals surface area contributed by atoms with E-state index in [1.54, 1.807) is 19.9 Å². The van der Waals surface area contributed by atoms with Gasteiger partial charge in [-0.05, 0) is 49.4 Å². The molecule has 0 fully saturated rings. The van der Waals surface area contributed by atoms with Gasteiger partial charge in [0, 0.05) is 42.0 Å². The maximum atomic E-state index is 15.0. The van der Waals surface area contributed by atoms with Crippen molar-refractivity contribution in [3.8, 4) is 11.4 Å². The fourth-order valence-corrected chi connectivity index (χ4v) is 6.38. The Kier molecular flexibility index (Phi) is 5.32. The molecule has 3 aliphatic rings. The second-order valence-corrected chi connectivity index (χ2v) is 10.7. The zero-order valence-corrected chi connectivity index (χ0v) is 21.4. The number of rotatable bonds is 5. The van der Waals surface area contributed by atoms with Crippen molar-refractivity contribution in [2.24, 2.45) is 0 Å². The second kappa shape index (κ2) is 8.18. The predicted molar refractivity (Wildman–Crippen MR) is 135 cm³/mol. The molecule has 1 aliphatic carbocycles. The Hall–Kier alpha value is -3.63. The number of fused-ring (bicyclic) bond motifs is 5. The number of ether oxygens (including phenoxy) is 1. The Morgan fingerprint density at radius 1 is 1.26 bits per heavy atom. The molecule has 2 aromatic heterocycles. The molecule has 9 nitrogen and oxygen atoms in total. The van der Waals surface area contributed by atoms with E-state index < -0.39 is 22.9 Å². The lowest BCUT2D eigenvalue weighted by molar-refractivity contribution is -0.172. The number of pyridine rings is 2. The highest BCUT2D eigenvalue weighted by Crippen LogP contribution is 2.49. The van der Waals surface area contributed by atoms with Gasteiger partial charge in [0.05, 0.1) is 34.6 Å². The highest BCUT2D eigenvalue weighted by Gasteiger charge is 2.47. The number of cyclic esters (lactones) is 1. The van der Waals surface area contributed by atoms with Crippen LogP contribution in [-0.2, 0) is 45.0 Å². The van der Waals surface area contributed by atoms with Gasteiger partial charge in [-0.15, -0.1) is 0 Å². The fraction of sp³-hybridized carbons (Fsp3) is 0.429. The van der Waals surface area contributed by atoms with Crippen molar-refractivity contribution in [3.63, 3.8) is 0 Å². The van der Waals surface area contributed by atoms with Gasteiger partial charge in [0.2, 0.25) is 5.91 Å². The first-order chi connectivity index (χ1) is 18.0. The summed E-state index contributed by atoms with van der Waals surface area (Å²) >= 11 is 0. The van der Waals surface area contributed by atoms with E-state index in [4.69, 9.17) is 9.72 Å². The van der Waals surface area contributed by atoms with Crippen molar-refractivity contribution in [3.05, 3.63) is 61.7 Å². The van der Waals surface area contributed by atoms with Gasteiger partial charge in [-0.1, -0.05) is 6.92 Å². The summed E-state index contributed by atoms with van der Waals surface area (Å²) in [6, 6.07) is 2.99. The molecule has 2 aliphatic heterocycles. The monoisotopic (exact) mass is 521 g/mol. The Morgan fingerprint density at radius 2 is 2.03 bits per heavy atom. The molecule has 3 aromatic rings. The van der Waals surface area contributed by atoms with Crippen LogP contribution in [0.2, 0.25) is 0 Å². The normalized spacial score (nSPS) is 22.7. The number of nitrogens with zero attached hydrogens (tertiary/aromatic N) is 2. The molecule has 198 valence electrons. The zero-order valence-electron chi connectivity index (χ0n) is 21.4. The number of carbonyl (C=O) groups is 2. The second-order valence-electron chi connectivity index (χ2n) is 10.7. The highest BCUT2D eigenvalue weighted by molar-refractivity contribution is 5.96. The van der Waals surface area contributed by atoms with E-state index in [0.717, 1.165) is 22.1 Å². The van der Waals surface area contributed by atoms with E-state index in [0.29, 0.717) is 35.3 Å². The van der Waals surface area contributed by atoms with Crippen LogP contribution in [0.5, 0.6) is 0 Å². The van der Waals surface area contributed by atoms with Crippen molar-refractivity contribution in [1.29, 1.82) is 0 Å². The molecule has 4 heterocycles. The van der Waals surface area contributed by atoms with Crippen LogP contribution in [0.15, 0.2) is 16.9 Å². The number of aromatic nitrogens is 2. The molecule has 2 atom stereocenters. The summed E-state index contributed by atoms with van der Waals surface area (Å²) in [6.45, 7) is 5.06. The van der Waals surface area contributed by atoms with Crippen LogP contribution in [0.1, 0.15) is 66.5 Å². The lowest BCUT2D eigenvalue weighted by Crippen LogP contribution is -2.44. The molecule has 1 amide bonds. The number of aliphatic hydroxyl groups excluding tert-OH is 1. The Morgan fingerprint density at radius 3 is 2.74 bits per heavy atom. The van der Waals surface area contributed by atoms with Crippen LogP contribution in [0.25, 0.3) is 22.3 Å². The van der Waals surface area contributed by atoms with Crippen molar-refractivity contribution >= 4 is 22.8 Å². The first kappa shape index (κ1) is 24.7. The predicted octanol–water partition coefficient (Wildman–Crippen LogP) is 2.19. The van der Waals surface area contributed by atoms with Gasteiger partial charge in [0.15, 0.2) is 5.60 Å². The largest absolute Gasteiger partial charge is 0.458 e. The Labute approximate surface area is 217 Å². The minimum absolute atomic E-state index is 0.0246. The molecule has 0 radical (unpaired) electrons. The topological polar surface area (TPSA) is 131 Å². The van der Waals surface area contributed by atoms with Crippen LogP contribution in [-0.4, -0.2) is 38.2 Å². The van der Waals surface area contributed by atoms with Gasteiger partial charge >= 0.3 is 5.97 Å². The maximum Gasteiger partial charge on any atom is 0.343 e. The van der Waals surface area contributed by atoms with Crippen molar-refractivity contribution in [2.45, 2.75) is 70.7 Å². The van der Waals surface area contributed by atoms with E-state index in [-0.39, 0.29) is 55.2 Å². The summed E-state index contributed by atoms with van der Waals surface area (Å²) < 4.78 is 21.7. The molecular formula is C28H28FN3O6. The zero-order chi connectivity index (χ0) is 27.1. The van der Waals surface area contributed by atoms with Crippen molar-refractivity contribution in [2.75, 3.05) is 6.61 Å². The Bertz CT molecular complexity index is 1650. The van der Waals surface area contributed by atoms with Crippen molar-refractivity contribution < 1.29 is 28.9 Å². The molecule has 0 saturated carbocycles. The number of esters is 1. The maximum absolute atomic E-state index is 15.0. The number of halogens is 1. The number of nitrogens with one attached hydrogen (secondary N) is 1. The lowest BCUT2D eigenvalue weighted by atomic mass is 9.85. The molecule has 3 N–H and O–H groups in total. The minimum atomic E-state index is -1.95. The summed E-state index contributed by atoms with van der Waals surface area (Å²) in [5.74, 6) is -1.45. The number of hydrogen-bond donors (Lipinski definition) is 3. The van der Waals surface area contributed by atoms with Gasteiger partial charge in [-0.25, -0.2) is 14.2 Å². The quantitative estimate of drug-likeness (QED) is 0.343. The molecule has 10 heteroatoms. The molecule has 1 unspecified atom stereocenters. The van der Waals surface area contributed by atoms with Crippen LogP contribution >= 0.6 is 0 Å². The average Bonchev–Trinajstić information content (AvgIpc) is 3.40. The smallest absolute Gasteiger partial charge is 0.343 e. The van der Waals surface area contributed by atoms with E-state index in [2.05, 4.69) is 5.32 Å². The summed E-state index contributed by atoms with van der Waals surface area (Å²) in [6.07, 6.45) is 0.837. The third kappa shape index (κ3) is 3.16. The van der Waals surface area contributed by atoms with E-state index in [1.165, 1.54) is 10.6 Å². The molecule has 0 saturated heterocycles. The Balaban J connectivity index is 1.61. The highest BCUT2D eigenvalue weighted by atomic mass is 19.1. The van der Waals surface area contributed by atoms with E-state index in [1.807, 2.05) is 6.92 Å². The molecule has 38 heavy (non-hydrogen) atoms. The first-order valence-corrected chi connectivity index (χ1v) is 12.8. The van der Waals surface area contributed by atoms with Gasteiger partial charge in [0.25, 0.3) is 5.56 Å². The van der Waals surface area contributed by atoms with E-state index >= 15 is 4.39 Å². The molecule has 0 spiro atoms. The molecule has 0 bridgehead atoms. The van der Waals surface area contributed by atoms with Gasteiger partial charge in [0.1, 0.15) is 12.4 Å². The summed E-state index contributed by atoms with van der Waals surface area (Å²) in [4.78, 5) is 43.7. The van der Waals surface area contributed by atoms with Gasteiger partial charge in [-0.3, -0.25) is 9.59 Å². The first-order valence-electron chi connectivity index (χ1n) is 12.8. The number of benzene rings is 1. The van der Waals surface area contributed by atoms with Crippen LogP contribution < -0.4 is 10.9 Å². The summed E-state index contributed by atoms with van der Waals surface area (Å²) in [7, 11) is 0. The third-order valence-electron chi connectivity index (χ3n) is 8.36. The van der Waals surface area contributed by atoms with E-state index in [9.17, 15) is 24.6 Å². The van der Waals surface area contributed by atoms with Crippen molar-refractivity contribution in [1.82, 2.24) is 14.9 Å². The molecular weight excluding hydrogens is 493 g/mol. The van der Waals surface area contributed by atoms with Gasteiger partial charge in [-0.2, -0.15) is 0 Å². The van der Waals surface area contributed by atoms with Crippen LogP contribution in [0.3, 0.4) is 0 Å².